The van der Waals surface area contributed by atoms with Crippen molar-refractivity contribution in [3.63, 3.8) is 0 Å². The van der Waals surface area contributed by atoms with E-state index in [1.165, 1.54) is 0 Å². The lowest BCUT2D eigenvalue weighted by molar-refractivity contribution is 0.0983. The first kappa shape index (κ1) is 22.9. The Balaban J connectivity index is 1.59. The number of amides is 1. The Morgan fingerprint density at radius 3 is 2.69 bits per heavy atom. The molecule has 4 aromatic rings. The normalized spacial score (nSPS) is 13.2. The van der Waals surface area contributed by atoms with Crippen LogP contribution in [0.4, 0.5) is 11.6 Å². The minimum atomic E-state index is -3.69. The number of rotatable bonds is 6. The van der Waals surface area contributed by atoms with Crippen LogP contribution in [0.5, 0.6) is 0 Å². The van der Waals surface area contributed by atoms with Gasteiger partial charge in [0.05, 0.1) is 11.8 Å². The van der Waals surface area contributed by atoms with E-state index in [2.05, 4.69) is 27.5 Å². The average molecular weight is 491 g/mol. The van der Waals surface area contributed by atoms with Crippen molar-refractivity contribution < 1.29 is 13.2 Å². The fourth-order valence-electron chi connectivity index (χ4n) is 4.40. The maximum absolute atomic E-state index is 12.6. The van der Waals surface area contributed by atoms with Crippen molar-refractivity contribution in [1.82, 2.24) is 19.3 Å². The Labute approximate surface area is 203 Å². The lowest BCUT2D eigenvalue weighted by atomic mass is 10.1. The highest BCUT2D eigenvalue weighted by Crippen LogP contribution is 2.31. The Kier molecular flexibility index (Phi) is 5.89. The molecule has 0 radical (unpaired) electrons. The largest absolute Gasteiger partial charge is 0.370 e. The van der Waals surface area contributed by atoms with Crippen molar-refractivity contribution >= 4 is 38.5 Å². The highest BCUT2D eigenvalue weighted by Gasteiger charge is 2.22. The topological polar surface area (TPSA) is 118 Å². The summed E-state index contributed by atoms with van der Waals surface area (Å²) in [6, 6.07) is 17.2. The molecule has 0 atom stereocenters. The third kappa shape index (κ3) is 4.69. The van der Waals surface area contributed by atoms with Crippen LogP contribution >= 0.6 is 0 Å². The predicted octanol–water partition coefficient (Wildman–Crippen LogP) is 3.39. The van der Waals surface area contributed by atoms with Crippen molar-refractivity contribution in [1.29, 1.82) is 0 Å². The molecule has 0 aliphatic carbocycles. The number of hydrogen-bond donors (Lipinski definition) is 3. The van der Waals surface area contributed by atoms with Crippen LogP contribution in [0.25, 0.3) is 16.9 Å². The number of anilines is 2. The van der Waals surface area contributed by atoms with Gasteiger partial charge in [0.15, 0.2) is 0 Å². The molecule has 2 aromatic carbocycles. The van der Waals surface area contributed by atoms with Crippen molar-refractivity contribution in [3.05, 3.63) is 77.0 Å². The van der Waals surface area contributed by atoms with Gasteiger partial charge in [-0.25, -0.2) is 13.1 Å². The van der Waals surface area contributed by atoms with Gasteiger partial charge in [-0.1, -0.05) is 36.4 Å². The molecule has 3 N–H and O–H groups in total. The van der Waals surface area contributed by atoms with Crippen molar-refractivity contribution in [2.75, 3.05) is 23.4 Å². The number of fused-ring (bicyclic) bond motifs is 2. The predicted molar refractivity (Wildman–Crippen MR) is 136 cm³/mol. The molecule has 1 amide bonds. The lowest BCUT2D eigenvalue weighted by Gasteiger charge is -2.22. The molecule has 1 aliphatic rings. The van der Waals surface area contributed by atoms with E-state index in [9.17, 15) is 13.2 Å². The first-order valence-corrected chi connectivity index (χ1v) is 13.3. The number of carbonyl (C=O) groups is 1. The summed E-state index contributed by atoms with van der Waals surface area (Å²) in [5, 5.41) is 7.49. The van der Waals surface area contributed by atoms with Crippen LogP contribution < -0.4 is 15.4 Å². The van der Waals surface area contributed by atoms with E-state index >= 15 is 0 Å². The zero-order valence-electron chi connectivity index (χ0n) is 19.5. The summed E-state index contributed by atoms with van der Waals surface area (Å²) in [6.45, 7) is 3.37. The Bertz CT molecular complexity index is 1530. The SMILES string of the molecule is Cc1cc2c(C(=O)NS(C)(=O)=O)cccc2n1-c1nc2c(c(NCc3ccccc3)n1)CCCN2. The van der Waals surface area contributed by atoms with Crippen molar-refractivity contribution in [2.45, 2.75) is 26.3 Å². The van der Waals surface area contributed by atoms with Gasteiger partial charge < -0.3 is 10.6 Å². The third-order valence-corrected chi connectivity index (χ3v) is 6.50. The van der Waals surface area contributed by atoms with Crippen molar-refractivity contribution in [3.8, 4) is 5.95 Å². The van der Waals surface area contributed by atoms with Crippen molar-refractivity contribution in [2.24, 2.45) is 0 Å². The molecule has 10 heteroatoms. The molecular formula is C25H26N6O3S. The number of carbonyl (C=O) groups excluding carboxylic acids is 1. The van der Waals surface area contributed by atoms with Gasteiger partial charge in [0.25, 0.3) is 5.91 Å². The number of benzene rings is 2. The molecule has 2 aromatic heterocycles. The molecule has 5 rings (SSSR count). The lowest BCUT2D eigenvalue weighted by Crippen LogP contribution is -2.29. The molecule has 0 bridgehead atoms. The maximum Gasteiger partial charge on any atom is 0.265 e. The van der Waals surface area contributed by atoms with E-state index in [-0.39, 0.29) is 5.56 Å². The number of sulfonamides is 1. The Morgan fingerprint density at radius 2 is 1.91 bits per heavy atom. The van der Waals surface area contributed by atoms with Crippen LogP contribution in [0.15, 0.2) is 54.6 Å². The second kappa shape index (κ2) is 9.03. The number of aryl methyl sites for hydroxylation is 1. The van der Waals surface area contributed by atoms with E-state index in [0.717, 1.165) is 54.1 Å². The number of nitrogens with zero attached hydrogens (tertiary/aromatic N) is 3. The zero-order chi connectivity index (χ0) is 24.6. The van der Waals surface area contributed by atoms with Gasteiger partial charge in [0.2, 0.25) is 16.0 Å². The Morgan fingerprint density at radius 1 is 1.11 bits per heavy atom. The van der Waals surface area contributed by atoms with Gasteiger partial charge in [0.1, 0.15) is 11.6 Å². The van der Waals surface area contributed by atoms with Gasteiger partial charge in [-0.2, -0.15) is 9.97 Å². The van der Waals surface area contributed by atoms with Gasteiger partial charge >= 0.3 is 0 Å². The second-order valence-electron chi connectivity index (χ2n) is 8.63. The molecule has 1 aliphatic heterocycles. The third-order valence-electron chi connectivity index (χ3n) is 5.95. The van der Waals surface area contributed by atoms with Gasteiger partial charge in [-0.05, 0) is 43.5 Å². The van der Waals surface area contributed by atoms with Crippen LogP contribution in [0.2, 0.25) is 0 Å². The van der Waals surface area contributed by atoms with Crippen LogP contribution in [-0.4, -0.2) is 41.7 Å². The van der Waals surface area contributed by atoms with Crippen LogP contribution in [-0.2, 0) is 23.0 Å². The summed E-state index contributed by atoms with van der Waals surface area (Å²) < 4.78 is 27.2. The van der Waals surface area contributed by atoms with E-state index in [4.69, 9.17) is 9.97 Å². The first-order chi connectivity index (χ1) is 16.8. The molecule has 0 unspecified atom stereocenters. The number of aromatic nitrogens is 3. The fourth-order valence-corrected chi connectivity index (χ4v) is 4.85. The van der Waals surface area contributed by atoms with Gasteiger partial charge in [0, 0.05) is 35.3 Å². The zero-order valence-corrected chi connectivity index (χ0v) is 20.3. The monoisotopic (exact) mass is 490 g/mol. The first-order valence-electron chi connectivity index (χ1n) is 11.4. The summed E-state index contributed by atoms with van der Waals surface area (Å²) in [5.74, 6) is 1.37. The minimum absolute atomic E-state index is 0.272. The molecule has 0 saturated carbocycles. The summed E-state index contributed by atoms with van der Waals surface area (Å²) in [4.78, 5) is 22.4. The summed E-state index contributed by atoms with van der Waals surface area (Å²) >= 11 is 0. The summed E-state index contributed by atoms with van der Waals surface area (Å²) in [7, 11) is -3.69. The fraction of sp³-hybridized carbons (Fsp3) is 0.240. The smallest absolute Gasteiger partial charge is 0.265 e. The molecule has 0 saturated heterocycles. The quantitative estimate of drug-likeness (QED) is 0.379. The average Bonchev–Trinajstić information content (AvgIpc) is 3.17. The van der Waals surface area contributed by atoms with Gasteiger partial charge in [-0.15, -0.1) is 0 Å². The van der Waals surface area contributed by atoms with Crippen LogP contribution in [0.3, 0.4) is 0 Å². The molecule has 0 fully saturated rings. The summed E-state index contributed by atoms with van der Waals surface area (Å²) in [5.41, 5.74) is 4.01. The van der Waals surface area contributed by atoms with Gasteiger partial charge in [-0.3, -0.25) is 9.36 Å². The minimum Gasteiger partial charge on any atom is -0.370 e. The number of nitrogens with one attached hydrogen (secondary N) is 3. The molecule has 3 heterocycles. The molecule has 180 valence electrons. The van der Waals surface area contributed by atoms with E-state index in [0.29, 0.717) is 23.4 Å². The summed E-state index contributed by atoms with van der Waals surface area (Å²) in [6.07, 6.45) is 2.83. The standard InChI is InChI=1S/C25H26N6O3S/c1-16-14-20-18(24(32)30-35(2,33)34)10-6-12-21(20)31(16)25-28-22-19(11-7-13-26-22)23(29-25)27-15-17-8-4-3-5-9-17/h3-6,8-10,12,14H,7,11,13,15H2,1-2H3,(H,30,32)(H2,26,27,28,29). The molecule has 35 heavy (non-hydrogen) atoms. The highest BCUT2D eigenvalue weighted by atomic mass is 32.2. The number of hydrogen-bond acceptors (Lipinski definition) is 7. The molecule has 9 nitrogen and oxygen atoms in total. The van der Waals surface area contributed by atoms with E-state index in [1.807, 2.05) is 41.8 Å². The highest BCUT2D eigenvalue weighted by molar-refractivity contribution is 7.89. The van der Waals surface area contributed by atoms with E-state index in [1.54, 1.807) is 12.1 Å². The van der Waals surface area contributed by atoms with E-state index < -0.39 is 15.9 Å². The maximum atomic E-state index is 12.6. The Hall–Kier alpha value is -3.92. The molecule has 0 spiro atoms. The molecular weight excluding hydrogens is 464 g/mol. The van der Waals surface area contributed by atoms with Crippen LogP contribution in [0.1, 0.15) is 33.6 Å². The second-order valence-corrected chi connectivity index (χ2v) is 10.4. The van der Waals surface area contributed by atoms with Crippen LogP contribution in [0, 0.1) is 6.92 Å².